The summed E-state index contributed by atoms with van der Waals surface area (Å²) in [5.74, 6) is -0.149. The standard InChI is InChI=1S/C21H21ClN2O4/c1-21(2,3)16-10-13(11-18(19(16)25)24(27)28)9-15-14-8-12(6-7-22)4-5-17(14)23-20(15)26/h4-5,8-11,25H,6-7H2,1-3H3,(H,23,26). The number of nitrogens with one attached hydrogen (secondary N) is 1. The van der Waals surface area contributed by atoms with Gasteiger partial charge in [0.25, 0.3) is 5.91 Å². The molecule has 0 aromatic heterocycles. The van der Waals surface area contributed by atoms with Gasteiger partial charge in [-0.3, -0.25) is 14.9 Å². The molecule has 0 saturated carbocycles. The number of phenols is 1. The Morgan fingerprint density at radius 1 is 1.25 bits per heavy atom. The number of nitro benzene ring substituents is 1. The number of phenolic OH excluding ortho intramolecular Hbond substituents is 1. The van der Waals surface area contributed by atoms with Gasteiger partial charge in [0.15, 0.2) is 5.75 Å². The van der Waals surface area contributed by atoms with Crippen molar-refractivity contribution in [3.63, 3.8) is 0 Å². The molecule has 2 N–H and O–H groups in total. The minimum Gasteiger partial charge on any atom is -0.502 e. The number of anilines is 1. The van der Waals surface area contributed by atoms with Gasteiger partial charge in [-0.2, -0.15) is 0 Å². The second-order valence-electron chi connectivity index (χ2n) is 7.77. The summed E-state index contributed by atoms with van der Waals surface area (Å²) in [5.41, 5.74) is 2.90. The zero-order valence-corrected chi connectivity index (χ0v) is 16.6. The van der Waals surface area contributed by atoms with Crippen LogP contribution in [0.2, 0.25) is 0 Å². The average Bonchev–Trinajstić information content (AvgIpc) is 2.90. The van der Waals surface area contributed by atoms with Gasteiger partial charge >= 0.3 is 5.69 Å². The number of aromatic hydroxyl groups is 1. The number of alkyl halides is 1. The van der Waals surface area contributed by atoms with Crippen molar-refractivity contribution in [3.8, 4) is 5.75 Å². The summed E-state index contributed by atoms with van der Waals surface area (Å²) in [6.45, 7) is 5.58. The topological polar surface area (TPSA) is 92.5 Å². The number of rotatable bonds is 4. The van der Waals surface area contributed by atoms with Crippen LogP contribution in [0.3, 0.4) is 0 Å². The molecule has 28 heavy (non-hydrogen) atoms. The van der Waals surface area contributed by atoms with E-state index in [4.69, 9.17) is 11.6 Å². The molecule has 0 bridgehead atoms. The number of nitrogens with zero attached hydrogens (tertiary/aromatic N) is 1. The highest BCUT2D eigenvalue weighted by Crippen LogP contribution is 2.40. The molecule has 0 radical (unpaired) electrons. The summed E-state index contributed by atoms with van der Waals surface area (Å²) in [7, 11) is 0. The quantitative estimate of drug-likeness (QED) is 0.331. The lowest BCUT2D eigenvalue weighted by Crippen LogP contribution is -2.12. The molecular weight excluding hydrogens is 380 g/mol. The molecule has 6 nitrogen and oxygen atoms in total. The first kappa shape index (κ1) is 19.9. The van der Waals surface area contributed by atoms with E-state index >= 15 is 0 Å². The molecule has 0 fully saturated rings. The highest BCUT2D eigenvalue weighted by molar-refractivity contribution is 6.35. The van der Waals surface area contributed by atoms with Gasteiger partial charge in [0.2, 0.25) is 0 Å². The number of carbonyl (C=O) groups is 1. The Bertz CT molecular complexity index is 1010. The molecule has 2 aromatic rings. The third kappa shape index (κ3) is 3.73. The van der Waals surface area contributed by atoms with Gasteiger partial charge in [-0.25, -0.2) is 0 Å². The predicted molar refractivity (Wildman–Crippen MR) is 111 cm³/mol. The monoisotopic (exact) mass is 400 g/mol. The van der Waals surface area contributed by atoms with E-state index < -0.39 is 10.3 Å². The number of aryl methyl sites for hydroxylation is 1. The van der Waals surface area contributed by atoms with E-state index in [9.17, 15) is 20.0 Å². The van der Waals surface area contributed by atoms with Crippen LogP contribution in [0.1, 0.15) is 43.0 Å². The van der Waals surface area contributed by atoms with Crippen molar-refractivity contribution in [2.75, 3.05) is 11.2 Å². The minimum atomic E-state index is -0.617. The van der Waals surface area contributed by atoms with Gasteiger partial charge < -0.3 is 10.4 Å². The zero-order chi connectivity index (χ0) is 20.6. The van der Waals surface area contributed by atoms with Gasteiger partial charge in [-0.1, -0.05) is 26.8 Å². The zero-order valence-electron chi connectivity index (χ0n) is 15.9. The maximum absolute atomic E-state index is 12.5. The summed E-state index contributed by atoms with van der Waals surface area (Å²) in [4.78, 5) is 23.3. The summed E-state index contributed by atoms with van der Waals surface area (Å²) in [5, 5.41) is 24.5. The lowest BCUT2D eigenvalue weighted by atomic mass is 9.84. The molecule has 146 valence electrons. The summed E-state index contributed by atoms with van der Waals surface area (Å²) < 4.78 is 0. The molecule has 0 spiro atoms. The Kier molecular flexibility index (Phi) is 5.17. The smallest absolute Gasteiger partial charge is 0.311 e. The van der Waals surface area contributed by atoms with Crippen LogP contribution in [-0.2, 0) is 16.6 Å². The molecule has 0 aliphatic carbocycles. The van der Waals surface area contributed by atoms with E-state index in [1.807, 2.05) is 39.0 Å². The first-order chi connectivity index (χ1) is 13.1. The van der Waals surface area contributed by atoms with Crippen molar-refractivity contribution in [3.05, 3.63) is 62.7 Å². The van der Waals surface area contributed by atoms with E-state index in [1.54, 1.807) is 12.1 Å². The molecule has 0 saturated heterocycles. The number of hydrogen-bond donors (Lipinski definition) is 2. The Morgan fingerprint density at radius 2 is 1.96 bits per heavy atom. The Hall–Kier alpha value is -2.86. The van der Waals surface area contributed by atoms with Crippen molar-refractivity contribution in [2.45, 2.75) is 32.6 Å². The molecule has 0 unspecified atom stereocenters. The molecule has 1 amide bonds. The SMILES string of the molecule is CC(C)(C)c1cc(C=C2C(=O)Nc3ccc(CCCl)cc32)cc([N+](=O)[O-])c1O. The highest BCUT2D eigenvalue weighted by atomic mass is 35.5. The van der Waals surface area contributed by atoms with Crippen LogP contribution in [0.4, 0.5) is 11.4 Å². The van der Waals surface area contributed by atoms with Crippen molar-refractivity contribution in [2.24, 2.45) is 0 Å². The van der Waals surface area contributed by atoms with E-state index in [1.165, 1.54) is 6.07 Å². The van der Waals surface area contributed by atoms with Gasteiger partial charge in [0.05, 0.1) is 4.92 Å². The Labute approximate surface area is 168 Å². The molecule has 2 aromatic carbocycles. The van der Waals surface area contributed by atoms with E-state index in [2.05, 4.69) is 5.32 Å². The number of nitro groups is 1. The van der Waals surface area contributed by atoms with Gasteiger partial charge in [0, 0.05) is 34.3 Å². The number of amides is 1. The third-order valence-corrected chi connectivity index (χ3v) is 4.87. The van der Waals surface area contributed by atoms with Crippen LogP contribution in [0.25, 0.3) is 11.6 Å². The van der Waals surface area contributed by atoms with E-state index in [0.717, 1.165) is 11.1 Å². The van der Waals surface area contributed by atoms with Crippen molar-refractivity contribution >= 4 is 40.5 Å². The molecule has 1 aliphatic heterocycles. The highest BCUT2D eigenvalue weighted by Gasteiger charge is 2.28. The molecule has 3 rings (SSSR count). The first-order valence-corrected chi connectivity index (χ1v) is 9.39. The normalized spacial score (nSPS) is 14.9. The van der Waals surface area contributed by atoms with Crippen LogP contribution in [-0.4, -0.2) is 21.8 Å². The van der Waals surface area contributed by atoms with Crippen LogP contribution < -0.4 is 5.32 Å². The average molecular weight is 401 g/mol. The lowest BCUT2D eigenvalue weighted by molar-refractivity contribution is -0.386. The fourth-order valence-corrected chi connectivity index (χ4v) is 3.46. The van der Waals surface area contributed by atoms with Crippen LogP contribution in [0.5, 0.6) is 5.75 Å². The van der Waals surface area contributed by atoms with Gasteiger partial charge in [0.1, 0.15) is 0 Å². The van der Waals surface area contributed by atoms with E-state index in [0.29, 0.717) is 34.7 Å². The third-order valence-electron chi connectivity index (χ3n) is 4.68. The van der Waals surface area contributed by atoms with Gasteiger partial charge in [-0.15, -0.1) is 11.6 Å². The molecule has 1 heterocycles. The molecule has 0 atom stereocenters. The van der Waals surface area contributed by atoms with Crippen molar-refractivity contribution in [1.82, 2.24) is 0 Å². The summed E-state index contributed by atoms with van der Waals surface area (Å²) in [6.07, 6.45) is 2.29. The second kappa shape index (κ2) is 7.28. The largest absolute Gasteiger partial charge is 0.502 e. The number of carbonyl (C=O) groups excluding carboxylic acids is 1. The van der Waals surface area contributed by atoms with Crippen LogP contribution >= 0.6 is 11.6 Å². The Balaban J connectivity index is 2.17. The predicted octanol–water partition coefficient (Wildman–Crippen LogP) is 4.87. The summed E-state index contributed by atoms with van der Waals surface area (Å²) >= 11 is 5.82. The van der Waals surface area contributed by atoms with Crippen LogP contribution in [0, 0.1) is 10.1 Å². The number of fused-ring (bicyclic) bond motifs is 1. The first-order valence-electron chi connectivity index (χ1n) is 8.86. The maximum atomic E-state index is 12.5. The lowest BCUT2D eigenvalue weighted by Gasteiger charge is -2.20. The van der Waals surface area contributed by atoms with Crippen molar-refractivity contribution < 1.29 is 14.8 Å². The van der Waals surface area contributed by atoms with Gasteiger partial charge in [-0.05, 0) is 47.2 Å². The molecule has 1 aliphatic rings. The summed E-state index contributed by atoms with van der Waals surface area (Å²) in [6, 6.07) is 8.61. The Morgan fingerprint density at radius 3 is 2.57 bits per heavy atom. The van der Waals surface area contributed by atoms with Crippen molar-refractivity contribution in [1.29, 1.82) is 0 Å². The number of hydrogen-bond acceptors (Lipinski definition) is 4. The number of halogens is 1. The molecule has 7 heteroatoms. The second-order valence-corrected chi connectivity index (χ2v) is 8.15. The fraction of sp³-hybridized carbons (Fsp3) is 0.286. The number of benzene rings is 2. The fourth-order valence-electron chi connectivity index (χ4n) is 3.24. The molecular formula is C21H21ClN2O4. The maximum Gasteiger partial charge on any atom is 0.311 e. The minimum absolute atomic E-state index is 0.272. The van der Waals surface area contributed by atoms with E-state index in [-0.39, 0.29) is 17.3 Å². The van der Waals surface area contributed by atoms with Crippen LogP contribution in [0.15, 0.2) is 30.3 Å².